The Bertz CT molecular complexity index is 454. The molecular formula is C10H10N2O4. The number of amides is 1. The van der Waals surface area contributed by atoms with Crippen LogP contribution in [0.1, 0.15) is 33.7 Å². The number of nitrogens with zero attached hydrogens (tertiary/aromatic N) is 1. The second-order valence-electron chi connectivity index (χ2n) is 3.55. The summed E-state index contributed by atoms with van der Waals surface area (Å²) >= 11 is 0. The first kappa shape index (κ1) is 10.4. The van der Waals surface area contributed by atoms with E-state index in [4.69, 9.17) is 15.6 Å². The molecule has 1 heterocycles. The molecule has 1 saturated carbocycles. The molecule has 6 nitrogen and oxygen atoms in total. The van der Waals surface area contributed by atoms with Crippen LogP contribution in [-0.4, -0.2) is 28.1 Å². The van der Waals surface area contributed by atoms with Crippen LogP contribution < -0.4 is 10.5 Å². The Labute approximate surface area is 91.0 Å². The first-order valence-corrected chi connectivity index (χ1v) is 4.77. The van der Waals surface area contributed by atoms with E-state index >= 15 is 0 Å². The first-order valence-electron chi connectivity index (χ1n) is 4.77. The zero-order chi connectivity index (χ0) is 11.7. The molecule has 1 fully saturated rings. The number of rotatable bonds is 4. The van der Waals surface area contributed by atoms with Crippen molar-refractivity contribution in [2.45, 2.75) is 18.9 Å². The Hall–Kier alpha value is -2.11. The third kappa shape index (κ3) is 2.10. The van der Waals surface area contributed by atoms with Crippen LogP contribution in [0.15, 0.2) is 12.3 Å². The normalized spacial score (nSPS) is 14.5. The van der Waals surface area contributed by atoms with Gasteiger partial charge in [-0.15, -0.1) is 0 Å². The molecular weight excluding hydrogens is 212 g/mol. The van der Waals surface area contributed by atoms with Crippen LogP contribution in [0.5, 0.6) is 5.75 Å². The average Bonchev–Trinajstić information content (AvgIpc) is 3.01. The molecule has 0 spiro atoms. The van der Waals surface area contributed by atoms with Crippen LogP contribution in [0.3, 0.4) is 0 Å². The third-order valence-electron chi connectivity index (χ3n) is 2.17. The van der Waals surface area contributed by atoms with Gasteiger partial charge in [-0.25, -0.2) is 9.78 Å². The average molecular weight is 222 g/mol. The maximum Gasteiger partial charge on any atom is 0.354 e. The van der Waals surface area contributed by atoms with Gasteiger partial charge in [-0.1, -0.05) is 0 Å². The molecule has 3 N–H and O–H groups in total. The fraction of sp³-hybridized carbons (Fsp3) is 0.300. The number of carbonyl (C=O) groups is 2. The van der Waals surface area contributed by atoms with Crippen LogP contribution in [0.2, 0.25) is 0 Å². The Morgan fingerprint density at radius 1 is 1.50 bits per heavy atom. The molecule has 6 heteroatoms. The number of hydrogen-bond acceptors (Lipinski definition) is 4. The van der Waals surface area contributed by atoms with Crippen molar-refractivity contribution < 1.29 is 19.4 Å². The second kappa shape index (κ2) is 3.80. The lowest BCUT2D eigenvalue weighted by Gasteiger charge is -2.08. The predicted molar refractivity (Wildman–Crippen MR) is 53.4 cm³/mol. The van der Waals surface area contributed by atoms with Crippen molar-refractivity contribution in [3.05, 3.63) is 23.5 Å². The van der Waals surface area contributed by atoms with E-state index in [1.807, 2.05) is 0 Å². The zero-order valence-corrected chi connectivity index (χ0v) is 8.34. The smallest absolute Gasteiger partial charge is 0.354 e. The highest BCUT2D eigenvalue weighted by Crippen LogP contribution is 2.29. The van der Waals surface area contributed by atoms with Crippen LogP contribution in [-0.2, 0) is 0 Å². The standard InChI is InChI=1S/C10H10N2O4/c11-9(13)6-4-12-7(10(14)15)3-8(6)16-5-1-2-5/h3-5H,1-2H2,(H2,11,13)(H,14,15). The number of hydrogen-bond donors (Lipinski definition) is 2. The number of carbonyl (C=O) groups excluding carboxylic acids is 1. The molecule has 0 saturated heterocycles. The summed E-state index contributed by atoms with van der Waals surface area (Å²) in [6.07, 6.45) is 3.00. The molecule has 1 aliphatic rings. The number of carboxylic acid groups (broad SMARTS) is 1. The Morgan fingerprint density at radius 3 is 2.69 bits per heavy atom. The molecule has 0 atom stereocenters. The number of nitrogens with two attached hydrogens (primary N) is 1. The molecule has 1 aromatic heterocycles. The van der Waals surface area contributed by atoms with Crippen LogP contribution in [0.4, 0.5) is 0 Å². The highest BCUT2D eigenvalue weighted by molar-refractivity contribution is 5.96. The summed E-state index contributed by atoms with van der Waals surface area (Å²) in [5.74, 6) is -1.65. The minimum atomic E-state index is -1.17. The van der Waals surface area contributed by atoms with E-state index in [0.29, 0.717) is 0 Å². The zero-order valence-electron chi connectivity index (χ0n) is 8.34. The summed E-state index contributed by atoms with van der Waals surface area (Å²) in [4.78, 5) is 25.4. The van der Waals surface area contributed by atoms with E-state index in [-0.39, 0.29) is 23.1 Å². The van der Waals surface area contributed by atoms with Gasteiger partial charge in [0.2, 0.25) is 0 Å². The maximum atomic E-state index is 11.1. The SMILES string of the molecule is NC(=O)c1cnc(C(=O)O)cc1OC1CC1. The van der Waals surface area contributed by atoms with Crippen molar-refractivity contribution in [2.75, 3.05) is 0 Å². The minimum absolute atomic E-state index is 0.0575. The van der Waals surface area contributed by atoms with Crippen molar-refractivity contribution in [1.82, 2.24) is 4.98 Å². The van der Waals surface area contributed by atoms with E-state index in [1.165, 1.54) is 6.07 Å². The molecule has 0 bridgehead atoms. The van der Waals surface area contributed by atoms with E-state index in [2.05, 4.69) is 4.98 Å². The van der Waals surface area contributed by atoms with Gasteiger partial charge in [0.05, 0.1) is 11.7 Å². The van der Waals surface area contributed by atoms with Crippen molar-refractivity contribution in [1.29, 1.82) is 0 Å². The van der Waals surface area contributed by atoms with Gasteiger partial charge in [0, 0.05) is 12.3 Å². The van der Waals surface area contributed by atoms with Crippen LogP contribution in [0.25, 0.3) is 0 Å². The van der Waals surface area contributed by atoms with Gasteiger partial charge in [0.1, 0.15) is 5.75 Å². The van der Waals surface area contributed by atoms with Gasteiger partial charge < -0.3 is 15.6 Å². The molecule has 1 aliphatic carbocycles. The van der Waals surface area contributed by atoms with Gasteiger partial charge in [0.25, 0.3) is 5.91 Å². The summed E-state index contributed by atoms with van der Waals surface area (Å²) < 4.78 is 5.40. The van der Waals surface area contributed by atoms with Gasteiger partial charge in [-0.05, 0) is 12.8 Å². The summed E-state index contributed by atoms with van der Waals surface area (Å²) in [5, 5.41) is 8.75. The van der Waals surface area contributed by atoms with Crippen LogP contribution in [0, 0.1) is 0 Å². The number of ether oxygens (including phenoxy) is 1. The maximum absolute atomic E-state index is 11.1. The second-order valence-corrected chi connectivity index (χ2v) is 3.55. The minimum Gasteiger partial charge on any atom is -0.489 e. The number of pyridine rings is 1. The Kier molecular flexibility index (Phi) is 2.47. The molecule has 0 aliphatic heterocycles. The van der Waals surface area contributed by atoms with Crippen LogP contribution >= 0.6 is 0 Å². The van der Waals surface area contributed by atoms with Crippen molar-refractivity contribution in [3.8, 4) is 5.75 Å². The number of aromatic carboxylic acids is 1. The van der Waals surface area contributed by atoms with Crippen molar-refractivity contribution in [3.63, 3.8) is 0 Å². The molecule has 84 valence electrons. The fourth-order valence-corrected chi connectivity index (χ4v) is 1.20. The van der Waals surface area contributed by atoms with Crippen molar-refractivity contribution in [2.24, 2.45) is 5.73 Å². The van der Waals surface area contributed by atoms with E-state index in [1.54, 1.807) is 0 Å². The largest absolute Gasteiger partial charge is 0.489 e. The lowest BCUT2D eigenvalue weighted by atomic mass is 10.2. The first-order chi connectivity index (χ1) is 7.58. The van der Waals surface area contributed by atoms with Gasteiger partial charge in [-0.3, -0.25) is 4.79 Å². The topological polar surface area (TPSA) is 103 Å². The molecule has 0 unspecified atom stereocenters. The van der Waals surface area contributed by atoms with Gasteiger partial charge >= 0.3 is 5.97 Å². The molecule has 0 aromatic carbocycles. The van der Waals surface area contributed by atoms with Gasteiger partial charge in [-0.2, -0.15) is 0 Å². The Morgan fingerprint density at radius 2 is 2.19 bits per heavy atom. The lowest BCUT2D eigenvalue weighted by Crippen LogP contribution is -2.15. The van der Waals surface area contributed by atoms with E-state index in [9.17, 15) is 9.59 Å². The molecule has 16 heavy (non-hydrogen) atoms. The third-order valence-corrected chi connectivity index (χ3v) is 2.17. The van der Waals surface area contributed by atoms with Crippen molar-refractivity contribution >= 4 is 11.9 Å². The Balaban J connectivity index is 2.37. The fourth-order valence-electron chi connectivity index (χ4n) is 1.20. The van der Waals surface area contributed by atoms with E-state index in [0.717, 1.165) is 19.0 Å². The highest BCUT2D eigenvalue weighted by Gasteiger charge is 2.26. The summed E-state index contributed by atoms with van der Waals surface area (Å²) in [5.41, 5.74) is 5.07. The summed E-state index contributed by atoms with van der Waals surface area (Å²) in [6.45, 7) is 0. The number of carboxylic acids is 1. The lowest BCUT2D eigenvalue weighted by molar-refractivity contribution is 0.0689. The monoisotopic (exact) mass is 222 g/mol. The van der Waals surface area contributed by atoms with Gasteiger partial charge in [0.15, 0.2) is 5.69 Å². The summed E-state index contributed by atoms with van der Waals surface area (Å²) in [7, 11) is 0. The quantitative estimate of drug-likeness (QED) is 0.768. The summed E-state index contributed by atoms with van der Waals surface area (Å²) in [6, 6.07) is 1.22. The number of primary amides is 1. The molecule has 1 aromatic rings. The predicted octanol–water partition coefficient (Wildman–Crippen LogP) is 0.420. The molecule has 1 amide bonds. The highest BCUT2D eigenvalue weighted by atomic mass is 16.5. The van der Waals surface area contributed by atoms with E-state index < -0.39 is 11.9 Å². The molecule has 0 radical (unpaired) electrons. The molecule has 2 rings (SSSR count). The number of aromatic nitrogens is 1.